The molecule has 0 spiro atoms. The van der Waals surface area contributed by atoms with E-state index in [1.165, 1.54) is 24.3 Å². The molecule has 200 valence electrons. The summed E-state index contributed by atoms with van der Waals surface area (Å²) in [6.45, 7) is -0.601. The number of non-ortho nitro benzene ring substituents is 1. The number of nitrogens with one attached hydrogen (secondary N) is 1. The number of rotatable bonds is 8. The largest absolute Gasteiger partial charge is 0.488 e. The van der Waals surface area contributed by atoms with Gasteiger partial charge >= 0.3 is 6.18 Å². The fourth-order valence-electron chi connectivity index (χ4n) is 3.50. The molecule has 0 saturated carbocycles. The fraction of sp³-hybridized carbons (Fsp3) is 0.115. The van der Waals surface area contributed by atoms with Crippen LogP contribution in [0.25, 0.3) is 6.08 Å². The van der Waals surface area contributed by atoms with Crippen molar-refractivity contribution in [3.63, 3.8) is 0 Å². The van der Waals surface area contributed by atoms with E-state index < -0.39 is 40.3 Å². The van der Waals surface area contributed by atoms with Gasteiger partial charge in [0.15, 0.2) is 0 Å². The number of alkyl halides is 3. The summed E-state index contributed by atoms with van der Waals surface area (Å²) in [5, 5.41) is 12.4. The highest BCUT2D eigenvalue weighted by Gasteiger charge is 2.36. The van der Waals surface area contributed by atoms with Crippen molar-refractivity contribution in [2.75, 3.05) is 11.9 Å². The molecule has 3 amide bonds. The fourth-order valence-corrected chi connectivity index (χ4v) is 4.33. The first-order chi connectivity index (χ1) is 18.5. The zero-order valence-electron chi connectivity index (χ0n) is 19.8. The van der Waals surface area contributed by atoms with E-state index in [1.54, 1.807) is 36.4 Å². The Morgan fingerprint density at radius 1 is 1.05 bits per heavy atom. The van der Waals surface area contributed by atoms with Crippen LogP contribution in [-0.4, -0.2) is 33.4 Å². The highest BCUT2D eigenvalue weighted by atomic mass is 32.2. The van der Waals surface area contributed by atoms with Crippen LogP contribution in [-0.2, 0) is 22.4 Å². The van der Waals surface area contributed by atoms with Crippen molar-refractivity contribution in [1.29, 1.82) is 0 Å². The Labute approximate surface area is 223 Å². The SMILES string of the molecule is O=C(CN1C(=O)S/C(=C\c2ccccc2OCc2ccc([N+](=O)[O-])cc2)C1=O)Nc1cccc(C(F)(F)F)c1. The van der Waals surface area contributed by atoms with Gasteiger partial charge in [-0.25, -0.2) is 0 Å². The molecule has 1 heterocycles. The molecule has 1 aliphatic heterocycles. The van der Waals surface area contributed by atoms with Crippen LogP contribution in [0.4, 0.5) is 29.3 Å². The second-order valence-corrected chi connectivity index (χ2v) is 9.14. The third-order valence-corrected chi connectivity index (χ3v) is 6.30. The average Bonchev–Trinajstić information content (AvgIpc) is 3.15. The maximum absolute atomic E-state index is 12.9. The van der Waals surface area contributed by atoms with Gasteiger partial charge in [0, 0.05) is 23.4 Å². The van der Waals surface area contributed by atoms with Gasteiger partial charge in [-0.3, -0.25) is 29.4 Å². The van der Waals surface area contributed by atoms with Crippen molar-refractivity contribution in [2.24, 2.45) is 0 Å². The van der Waals surface area contributed by atoms with Gasteiger partial charge in [-0.15, -0.1) is 0 Å². The molecular weight excluding hydrogens is 539 g/mol. The van der Waals surface area contributed by atoms with E-state index in [0.717, 1.165) is 18.2 Å². The van der Waals surface area contributed by atoms with Crippen LogP contribution in [0.5, 0.6) is 5.75 Å². The van der Waals surface area contributed by atoms with Gasteiger partial charge in [0.25, 0.3) is 16.8 Å². The molecule has 3 aromatic rings. The van der Waals surface area contributed by atoms with E-state index in [-0.39, 0.29) is 22.9 Å². The normalized spacial score (nSPS) is 14.5. The van der Waals surface area contributed by atoms with Crippen molar-refractivity contribution in [3.8, 4) is 5.75 Å². The van der Waals surface area contributed by atoms with Gasteiger partial charge in [-0.1, -0.05) is 24.3 Å². The standard InChI is InChI=1S/C26H18F3N3O6S/c27-26(28,29)18-5-3-6-19(13-18)30-23(33)14-31-24(34)22(39-25(31)35)12-17-4-1-2-7-21(17)38-15-16-8-10-20(11-9-16)32(36)37/h1-13H,14-15H2,(H,30,33)/b22-12-. The smallest absolute Gasteiger partial charge is 0.416 e. The Hall–Kier alpha value is -4.65. The van der Waals surface area contributed by atoms with Gasteiger partial charge in [-0.05, 0) is 59.8 Å². The molecule has 0 bridgehead atoms. The monoisotopic (exact) mass is 557 g/mol. The molecule has 3 aromatic carbocycles. The van der Waals surface area contributed by atoms with Gasteiger partial charge in [0.05, 0.1) is 15.4 Å². The molecule has 13 heteroatoms. The minimum Gasteiger partial charge on any atom is -0.488 e. The molecule has 0 aromatic heterocycles. The number of ether oxygens (including phenoxy) is 1. The maximum atomic E-state index is 12.9. The summed E-state index contributed by atoms with van der Waals surface area (Å²) in [5.74, 6) is -1.20. The van der Waals surface area contributed by atoms with E-state index in [2.05, 4.69) is 5.32 Å². The number of carbonyl (C=O) groups is 3. The molecule has 4 rings (SSSR count). The summed E-state index contributed by atoms with van der Waals surface area (Å²) in [5.41, 5.74) is -0.000444. The second-order valence-electron chi connectivity index (χ2n) is 8.14. The van der Waals surface area contributed by atoms with E-state index in [9.17, 15) is 37.7 Å². The lowest BCUT2D eigenvalue weighted by atomic mass is 10.1. The first-order valence-electron chi connectivity index (χ1n) is 11.2. The van der Waals surface area contributed by atoms with Crippen molar-refractivity contribution in [2.45, 2.75) is 12.8 Å². The minimum absolute atomic E-state index is 0.0262. The molecule has 39 heavy (non-hydrogen) atoms. The van der Waals surface area contributed by atoms with Crippen molar-refractivity contribution >= 4 is 46.3 Å². The van der Waals surface area contributed by atoms with Crippen LogP contribution < -0.4 is 10.1 Å². The van der Waals surface area contributed by atoms with Crippen molar-refractivity contribution < 1.29 is 37.2 Å². The number of para-hydroxylation sites is 1. The molecular formula is C26H18F3N3O6S. The Kier molecular flexibility index (Phi) is 8.00. The molecule has 1 aliphatic rings. The lowest BCUT2D eigenvalue weighted by Gasteiger charge is -2.13. The number of nitro groups is 1. The number of carbonyl (C=O) groups excluding carboxylic acids is 3. The molecule has 0 atom stereocenters. The zero-order chi connectivity index (χ0) is 28.2. The van der Waals surface area contributed by atoms with Crippen molar-refractivity contribution in [1.82, 2.24) is 4.90 Å². The number of nitro benzene ring substituents is 1. The van der Waals surface area contributed by atoms with Gasteiger partial charge in [0.1, 0.15) is 18.9 Å². The summed E-state index contributed by atoms with van der Waals surface area (Å²) < 4.78 is 44.5. The summed E-state index contributed by atoms with van der Waals surface area (Å²) in [6, 6.07) is 16.5. The molecule has 0 unspecified atom stereocenters. The highest BCUT2D eigenvalue weighted by Crippen LogP contribution is 2.34. The summed E-state index contributed by atoms with van der Waals surface area (Å²) in [4.78, 5) is 48.7. The summed E-state index contributed by atoms with van der Waals surface area (Å²) in [6.07, 6.45) is -3.17. The molecule has 0 aliphatic carbocycles. The summed E-state index contributed by atoms with van der Waals surface area (Å²) >= 11 is 0.609. The predicted molar refractivity (Wildman–Crippen MR) is 137 cm³/mol. The number of thioether (sulfide) groups is 1. The number of imide groups is 1. The summed E-state index contributed by atoms with van der Waals surface area (Å²) in [7, 11) is 0. The maximum Gasteiger partial charge on any atom is 0.416 e. The highest BCUT2D eigenvalue weighted by molar-refractivity contribution is 8.18. The lowest BCUT2D eigenvalue weighted by molar-refractivity contribution is -0.384. The van der Waals surface area contributed by atoms with E-state index in [1.807, 2.05) is 0 Å². The molecule has 1 N–H and O–H groups in total. The van der Waals surface area contributed by atoms with Crippen LogP contribution >= 0.6 is 11.8 Å². The predicted octanol–water partition coefficient (Wildman–Crippen LogP) is 5.87. The van der Waals surface area contributed by atoms with Crippen LogP contribution in [0.15, 0.2) is 77.7 Å². The van der Waals surface area contributed by atoms with Gasteiger partial charge in [0.2, 0.25) is 5.91 Å². The van der Waals surface area contributed by atoms with Gasteiger partial charge < -0.3 is 10.1 Å². The Balaban J connectivity index is 1.43. The van der Waals surface area contributed by atoms with E-state index in [0.29, 0.717) is 33.5 Å². The van der Waals surface area contributed by atoms with E-state index >= 15 is 0 Å². The van der Waals surface area contributed by atoms with Crippen molar-refractivity contribution in [3.05, 3.63) is 105 Å². The number of anilines is 1. The number of hydrogen-bond donors (Lipinski definition) is 1. The first kappa shape index (κ1) is 27.4. The average molecular weight is 558 g/mol. The molecule has 1 saturated heterocycles. The quantitative estimate of drug-likeness (QED) is 0.209. The number of benzene rings is 3. The Morgan fingerprint density at radius 3 is 2.46 bits per heavy atom. The molecule has 9 nitrogen and oxygen atoms in total. The second kappa shape index (κ2) is 11.4. The van der Waals surface area contributed by atoms with Crippen LogP contribution in [0, 0.1) is 10.1 Å². The van der Waals surface area contributed by atoms with E-state index in [4.69, 9.17) is 4.74 Å². The third-order valence-electron chi connectivity index (χ3n) is 5.40. The number of hydrogen-bond acceptors (Lipinski definition) is 7. The Morgan fingerprint density at radius 2 is 1.77 bits per heavy atom. The van der Waals surface area contributed by atoms with Crippen LogP contribution in [0.2, 0.25) is 0 Å². The molecule has 1 fully saturated rings. The van der Waals surface area contributed by atoms with Crippen LogP contribution in [0.3, 0.4) is 0 Å². The lowest BCUT2D eigenvalue weighted by Crippen LogP contribution is -2.36. The first-order valence-corrected chi connectivity index (χ1v) is 12.0. The number of amides is 3. The minimum atomic E-state index is -4.60. The third kappa shape index (κ3) is 6.82. The molecule has 0 radical (unpaired) electrons. The number of halogens is 3. The van der Waals surface area contributed by atoms with Crippen LogP contribution in [0.1, 0.15) is 16.7 Å². The Bertz CT molecular complexity index is 1470. The topological polar surface area (TPSA) is 119 Å². The van der Waals surface area contributed by atoms with Gasteiger partial charge in [-0.2, -0.15) is 13.2 Å². The number of nitrogens with zero attached hydrogens (tertiary/aromatic N) is 2. The zero-order valence-corrected chi connectivity index (χ0v) is 20.6.